The minimum Gasteiger partial charge on any atom is -0.460 e. The summed E-state index contributed by atoms with van der Waals surface area (Å²) in [6.45, 7) is 1.78. The standard InChI is InChI=1S/C26H14ClNO9/c1-13-8-24(29)37-22-11-15(3-6-17(13)22)35-23-12-34-21-10-16(4-7-19(21)25(23)30)36-26(31)18-5-2-14(28(32)33)9-20(18)27/h2-12H,1H3. The third kappa shape index (κ3) is 4.65. The average Bonchev–Trinajstić information content (AvgIpc) is 2.85. The fraction of sp³-hybridized carbons (Fsp3) is 0.0385. The Labute approximate surface area is 211 Å². The largest absolute Gasteiger partial charge is 0.460 e. The van der Waals surface area contributed by atoms with Gasteiger partial charge in [0.25, 0.3) is 5.69 Å². The van der Waals surface area contributed by atoms with Crippen molar-refractivity contribution in [1.82, 2.24) is 0 Å². The molecule has 37 heavy (non-hydrogen) atoms. The van der Waals surface area contributed by atoms with Crippen LogP contribution in [0.25, 0.3) is 21.9 Å². The number of carbonyl (C=O) groups excluding carboxylic acids is 1. The minimum atomic E-state index is -0.847. The molecule has 2 aromatic heterocycles. The van der Waals surface area contributed by atoms with Crippen LogP contribution in [0.5, 0.6) is 17.2 Å². The Balaban J connectivity index is 1.40. The van der Waals surface area contributed by atoms with Crippen LogP contribution in [0.3, 0.4) is 0 Å². The number of nitro groups is 1. The molecule has 3 aromatic carbocycles. The first-order valence-corrected chi connectivity index (χ1v) is 11.0. The molecule has 0 aliphatic rings. The molecule has 10 nitrogen and oxygen atoms in total. The molecule has 0 aliphatic heterocycles. The summed E-state index contributed by atoms with van der Waals surface area (Å²) in [5, 5.41) is 11.6. The first kappa shape index (κ1) is 23.8. The summed E-state index contributed by atoms with van der Waals surface area (Å²) in [5.41, 5.74) is -0.141. The summed E-state index contributed by atoms with van der Waals surface area (Å²) in [6, 6.07) is 13.7. The fourth-order valence-electron chi connectivity index (χ4n) is 3.67. The maximum Gasteiger partial charge on any atom is 0.345 e. The van der Waals surface area contributed by atoms with Gasteiger partial charge in [-0.1, -0.05) is 11.6 Å². The molecule has 0 bridgehead atoms. The predicted octanol–water partition coefficient (Wildman–Crippen LogP) is 5.78. The summed E-state index contributed by atoms with van der Waals surface area (Å²) in [5.74, 6) is -0.633. The van der Waals surface area contributed by atoms with E-state index in [9.17, 15) is 24.5 Å². The van der Waals surface area contributed by atoms with E-state index < -0.39 is 21.9 Å². The molecule has 2 heterocycles. The molecule has 0 aliphatic carbocycles. The molecule has 0 saturated heterocycles. The number of halogens is 1. The van der Waals surface area contributed by atoms with Crippen molar-refractivity contribution in [3.05, 3.63) is 114 Å². The first-order valence-electron chi connectivity index (χ1n) is 10.6. The van der Waals surface area contributed by atoms with Crippen LogP contribution >= 0.6 is 11.6 Å². The number of esters is 1. The Kier molecular flexibility index (Phi) is 5.94. The zero-order valence-electron chi connectivity index (χ0n) is 18.9. The van der Waals surface area contributed by atoms with Crippen molar-refractivity contribution < 1.29 is 28.0 Å². The van der Waals surface area contributed by atoms with Gasteiger partial charge >= 0.3 is 11.6 Å². The summed E-state index contributed by atoms with van der Waals surface area (Å²) >= 11 is 5.98. The van der Waals surface area contributed by atoms with Gasteiger partial charge in [0.15, 0.2) is 0 Å². The van der Waals surface area contributed by atoms with E-state index >= 15 is 0 Å². The second kappa shape index (κ2) is 9.25. The van der Waals surface area contributed by atoms with Gasteiger partial charge in [0.2, 0.25) is 11.2 Å². The van der Waals surface area contributed by atoms with Crippen LogP contribution in [-0.4, -0.2) is 10.9 Å². The molecule has 184 valence electrons. The van der Waals surface area contributed by atoms with Crippen molar-refractivity contribution in [3.63, 3.8) is 0 Å². The second-order valence-corrected chi connectivity index (χ2v) is 8.31. The van der Waals surface area contributed by atoms with Crippen LogP contribution < -0.4 is 20.5 Å². The van der Waals surface area contributed by atoms with Gasteiger partial charge in [-0.2, -0.15) is 0 Å². The quantitative estimate of drug-likeness (QED) is 0.0928. The molecule has 0 unspecified atom stereocenters. The van der Waals surface area contributed by atoms with Crippen molar-refractivity contribution >= 4 is 45.2 Å². The first-order chi connectivity index (χ1) is 17.7. The topological polar surface area (TPSA) is 139 Å². The molecule has 5 rings (SSSR count). The lowest BCUT2D eigenvalue weighted by Gasteiger charge is -2.08. The molecular weight excluding hydrogens is 506 g/mol. The van der Waals surface area contributed by atoms with Crippen LogP contribution in [-0.2, 0) is 0 Å². The number of hydrogen-bond donors (Lipinski definition) is 0. The normalized spacial score (nSPS) is 11.0. The van der Waals surface area contributed by atoms with E-state index in [-0.39, 0.29) is 44.5 Å². The lowest BCUT2D eigenvalue weighted by atomic mass is 10.1. The van der Waals surface area contributed by atoms with Crippen molar-refractivity contribution in [1.29, 1.82) is 0 Å². The Morgan fingerprint density at radius 3 is 2.43 bits per heavy atom. The lowest BCUT2D eigenvalue weighted by molar-refractivity contribution is -0.384. The van der Waals surface area contributed by atoms with E-state index in [4.69, 9.17) is 29.9 Å². The number of rotatable bonds is 5. The molecule has 11 heteroatoms. The smallest absolute Gasteiger partial charge is 0.345 e. The van der Waals surface area contributed by atoms with Crippen LogP contribution in [0, 0.1) is 17.0 Å². The average molecular weight is 520 g/mol. The van der Waals surface area contributed by atoms with Gasteiger partial charge in [0, 0.05) is 35.7 Å². The van der Waals surface area contributed by atoms with E-state index in [0.29, 0.717) is 5.58 Å². The highest BCUT2D eigenvalue weighted by molar-refractivity contribution is 6.33. The molecule has 0 N–H and O–H groups in total. The number of non-ortho nitro benzene ring substituents is 1. The van der Waals surface area contributed by atoms with Crippen molar-refractivity contribution in [3.8, 4) is 17.2 Å². The zero-order valence-corrected chi connectivity index (χ0v) is 19.6. The molecule has 0 atom stereocenters. The number of benzene rings is 3. The Morgan fingerprint density at radius 2 is 1.68 bits per heavy atom. The van der Waals surface area contributed by atoms with Crippen molar-refractivity contribution in [2.24, 2.45) is 0 Å². The van der Waals surface area contributed by atoms with Crippen LogP contribution in [0.15, 0.2) is 85.4 Å². The highest BCUT2D eigenvalue weighted by atomic mass is 35.5. The number of ether oxygens (including phenoxy) is 2. The molecule has 0 radical (unpaired) electrons. The van der Waals surface area contributed by atoms with Gasteiger partial charge in [-0.05, 0) is 42.8 Å². The van der Waals surface area contributed by atoms with Gasteiger partial charge in [0.1, 0.15) is 28.9 Å². The second-order valence-electron chi connectivity index (χ2n) is 7.91. The molecule has 5 aromatic rings. The van der Waals surface area contributed by atoms with Crippen molar-refractivity contribution in [2.75, 3.05) is 0 Å². The van der Waals surface area contributed by atoms with E-state index in [2.05, 4.69) is 0 Å². The Hall–Kier alpha value is -4.96. The highest BCUT2D eigenvalue weighted by Gasteiger charge is 2.18. The minimum absolute atomic E-state index is 0.0589. The molecule has 0 amide bonds. The number of fused-ring (bicyclic) bond motifs is 2. The molecule has 0 fully saturated rings. The Morgan fingerprint density at radius 1 is 0.946 bits per heavy atom. The molecule has 0 saturated carbocycles. The van der Waals surface area contributed by atoms with Gasteiger partial charge in [-0.3, -0.25) is 14.9 Å². The monoisotopic (exact) mass is 519 g/mol. The Bertz CT molecular complexity index is 1860. The number of aryl methyl sites for hydroxylation is 1. The number of nitro benzene ring substituents is 1. The summed E-state index contributed by atoms with van der Waals surface area (Å²) in [4.78, 5) is 47.3. The number of nitrogens with zero attached hydrogens (tertiary/aromatic N) is 1. The molecular formula is C26H14ClNO9. The van der Waals surface area contributed by atoms with Crippen molar-refractivity contribution in [2.45, 2.75) is 6.92 Å². The third-order valence-electron chi connectivity index (χ3n) is 5.46. The van der Waals surface area contributed by atoms with Crippen LogP contribution in [0.2, 0.25) is 5.02 Å². The SMILES string of the molecule is Cc1cc(=O)oc2cc(Oc3coc4cc(OC(=O)c5ccc([N+](=O)[O-])cc5Cl)ccc4c3=O)ccc12. The zero-order chi connectivity index (χ0) is 26.3. The summed E-state index contributed by atoms with van der Waals surface area (Å²) in [7, 11) is 0. The van der Waals surface area contributed by atoms with E-state index in [1.807, 2.05) is 0 Å². The predicted molar refractivity (Wildman–Crippen MR) is 133 cm³/mol. The number of hydrogen-bond acceptors (Lipinski definition) is 9. The van der Waals surface area contributed by atoms with Gasteiger partial charge in [-0.15, -0.1) is 0 Å². The summed E-state index contributed by atoms with van der Waals surface area (Å²) < 4.78 is 21.7. The molecule has 0 spiro atoms. The van der Waals surface area contributed by atoms with E-state index in [0.717, 1.165) is 29.3 Å². The van der Waals surface area contributed by atoms with E-state index in [1.165, 1.54) is 36.4 Å². The number of carbonyl (C=O) groups is 1. The van der Waals surface area contributed by atoms with Gasteiger partial charge in [0.05, 0.1) is 20.9 Å². The van der Waals surface area contributed by atoms with E-state index in [1.54, 1.807) is 19.1 Å². The summed E-state index contributed by atoms with van der Waals surface area (Å²) in [6.07, 6.45) is 1.11. The highest BCUT2D eigenvalue weighted by Crippen LogP contribution is 2.28. The van der Waals surface area contributed by atoms with Crippen LogP contribution in [0.1, 0.15) is 15.9 Å². The fourth-order valence-corrected chi connectivity index (χ4v) is 3.92. The van der Waals surface area contributed by atoms with Gasteiger partial charge < -0.3 is 18.3 Å². The maximum atomic E-state index is 13.0. The van der Waals surface area contributed by atoms with Crippen LogP contribution in [0.4, 0.5) is 5.69 Å². The maximum absolute atomic E-state index is 13.0. The lowest BCUT2D eigenvalue weighted by Crippen LogP contribution is -2.10. The third-order valence-corrected chi connectivity index (χ3v) is 5.77. The van der Waals surface area contributed by atoms with Gasteiger partial charge in [-0.25, -0.2) is 9.59 Å².